The average Bonchev–Trinajstić information content (AvgIpc) is 2.29. The number of rotatable bonds is 6. The van der Waals surface area contributed by atoms with Gasteiger partial charge in [0.1, 0.15) is 12.3 Å². The van der Waals surface area contributed by atoms with Gasteiger partial charge in [0.2, 0.25) is 0 Å². The van der Waals surface area contributed by atoms with Gasteiger partial charge in [-0.05, 0) is 29.4 Å². The Morgan fingerprint density at radius 3 is 2.38 bits per heavy atom. The third kappa shape index (κ3) is 3.13. The molecule has 6 nitrogen and oxygen atoms in total. The first-order valence-corrected chi connectivity index (χ1v) is 5.97. The van der Waals surface area contributed by atoms with Crippen LogP contribution >= 0.6 is 0 Å². The van der Waals surface area contributed by atoms with Gasteiger partial charge in [-0.3, -0.25) is 4.79 Å². The van der Waals surface area contributed by atoms with Crippen molar-refractivity contribution < 1.29 is 17.9 Å². The highest BCUT2D eigenvalue weighted by Crippen LogP contribution is 2.16. The van der Waals surface area contributed by atoms with Crippen molar-refractivity contribution in [1.29, 1.82) is 0 Å². The number of benzene rings is 1. The van der Waals surface area contributed by atoms with E-state index in [2.05, 4.69) is 9.91 Å². The van der Waals surface area contributed by atoms with Crippen molar-refractivity contribution in [1.82, 2.24) is 0 Å². The van der Waals surface area contributed by atoms with E-state index in [9.17, 15) is 18.1 Å². The van der Waals surface area contributed by atoms with Crippen LogP contribution in [0.1, 0.15) is 0 Å². The summed E-state index contributed by atoms with van der Waals surface area (Å²) in [6.45, 7) is -0.00551. The zero-order valence-corrected chi connectivity index (χ0v) is 9.01. The van der Waals surface area contributed by atoms with Gasteiger partial charge in [-0.2, -0.15) is 0 Å². The predicted molar refractivity (Wildman–Crippen MR) is 56.0 cm³/mol. The molecule has 0 aliphatic rings. The van der Waals surface area contributed by atoms with Gasteiger partial charge in [-0.15, -0.1) is 4.91 Å². The molecule has 0 aromatic heterocycles. The molecule has 0 spiro atoms. The van der Waals surface area contributed by atoms with Crippen LogP contribution in [0.15, 0.2) is 34.3 Å². The van der Waals surface area contributed by atoms with Gasteiger partial charge in [0.15, 0.2) is 9.84 Å². The van der Waals surface area contributed by atoms with Gasteiger partial charge in [0, 0.05) is 0 Å². The van der Waals surface area contributed by atoms with Gasteiger partial charge in [-0.1, -0.05) is 0 Å². The minimum absolute atomic E-state index is 0.0643. The van der Waals surface area contributed by atoms with Crippen LogP contribution in [0.3, 0.4) is 0 Å². The van der Waals surface area contributed by atoms with Gasteiger partial charge in [0.25, 0.3) is 6.47 Å². The van der Waals surface area contributed by atoms with E-state index in [1.807, 2.05) is 0 Å². The number of carbonyl (C=O) groups excluding carboxylic acids is 1. The number of carbonyl (C=O) groups is 1. The molecule has 1 rings (SSSR count). The average molecular weight is 243 g/mol. The van der Waals surface area contributed by atoms with Crippen molar-refractivity contribution >= 4 is 22.0 Å². The summed E-state index contributed by atoms with van der Waals surface area (Å²) in [6, 6.07) is 5.18. The molecule has 0 radical (unpaired) electrons. The molecule has 0 amide bonds. The molecule has 0 saturated carbocycles. The van der Waals surface area contributed by atoms with Gasteiger partial charge >= 0.3 is 0 Å². The van der Waals surface area contributed by atoms with E-state index in [1.165, 1.54) is 24.3 Å². The van der Waals surface area contributed by atoms with Gasteiger partial charge in [-0.25, -0.2) is 8.42 Å². The van der Waals surface area contributed by atoms with Crippen LogP contribution in [-0.4, -0.2) is 27.2 Å². The highest BCUT2D eigenvalue weighted by Gasteiger charge is 2.14. The lowest BCUT2D eigenvalue weighted by Gasteiger charge is -2.03. The molecular weight excluding hydrogens is 234 g/mol. The molecule has 86 valence electrons. The second kappa shape index (κ2) is 5.36. The van der Waals surface area contributed by atoms with Gasteiger partial charge < -0.3 is 4.74 Å². The van der Waals surface area contributed by atoms with Crippen molar-refractivity contribution in [3.63, 3.8) is 0 Å². The summed E-state index contributed by atoms with van der Waals surface area (Å²) in [6.07, 6.45) is 0. The first kappa shape index (κ1) is 12.3. The highest BCUT2D eigenvalue weighted by atomic mass is 32.2. The maximum absolute atomic E-state index is 11.6. The quantitative estimate of drug-likeness (QED) is 0.423. The number of ether oxygens (including phenoxy) is 1. The Hall–Kier alpha value is -1.76. The largest absolute Gasteiger partial charge is 0.467 e. The third-order valence-electron chi connectivity index (χ3n) is 1.84. The van der Waals surface area contributed by atoms with Crippen molar-refractivity contribution in [2.45, 2.75) is 4.90 Å². The molecule has 1 aromatic carbocycles. The summed E-state index contributed by atoms with van der Waals surface area (Å²) < 4.78 is 27.5. The SMILES string of the molecule is O=COCCS(=O)(=O)c1ccc(N=O)cc1. The molecule has 0 saturated heterocycles. The molecule has 0 heterocycles. The Kier molecular flexibility index (Phi) is 4.12. The van der Waals surface area contributed by atoms with Crippen LogP contribution in [0, 0.1) is 4.91 Å². The fraction of sp³-hybridized carbons (Fsp3) is 0.222. The maximum atomic E-state index is 11.6. The molecule has 0 N–H and O–H groups in total. The monoisotopic (exact) mass is 243 g/mol. The standard InChI is InChI=1S/C9H9NO5S/c11-7-15-5-6-16(13,14)9-3-1-8(10-12)2-4-9/h1-4,7H,5-6H2. The zero-order chi connectivity index (χ0) is 12.0. The van der Waals surface area contributed by atoms with Crippen molar-refractivity contribution in [2.75, 3.05) is 12.4 Å². The predicted octanol–water partition coefficient (Wildman–Crippen LogP) is 1.03. The summed E-state index contributed by atoms with van der Waals surface area (Å²) in [7, 11) is -3.49. The summed E-state index contributed by atoms with van der Waals surface area (Å²) in [4.78, 5) is 20.0. The van der Waals surface area contributed by atoms with Crippen molar-refractivity contribution in [3.05, 3.63) is 29.2 Å². The van der Waals surface area contributed by atoms with E-state index in [0.717, 1.165) is 0 Å². The Morgan fingerprint density at radius 2 is 1.88 bits per heavy atom. The number of nitrogens with zero attached hydrogens (tertiary/aromatic N) is 1. The van der Waals surface area contributed by atoms with Crippen LogP contribution in [0.2, 0.25) is 0 Å². The molecule has 16 heavy (non-hydrogen) atoms. The number of nitroso groups, excluding NO2 is 1. The Labute approximate surface area is 92.1 Å². The summed E-state index contributed by atoms with van der Waals surface area (Å²) in [5.74, 6) is -0.292. The van der Waals surface area contributed by atoms with Crippen LogP contribution in [0.4, 0.5) is 5.69 Å². The highest BCUT2D eigenvalue weighted by molar-refractivity contribution is 7.91. The third-order valence-corrected chi connectivity index (χ3v) is 3.53. The molecule has 0 aliphatic heterocycles. The first-order valence-electron chi connectivity index (χ1n) is 4.31. The fourth-order valence-electron chi connectivity index (χ4n) is 1.04. The number of hydrogen-bond donors (Lipinski definition) is 0. The van der Waals surface area contributed by atoms with Crippen LogP contribution in [0.25, 0.3) is 0 Å². The molecule has 0 aliphatic carbocycles. The summed E-state index contributed by atoms with van der Waals surface area (Å²) in [5.41, 5.74) is 0.156. The lowest BCUT2D eigenvalue weighted by atomic mass is 10.3. The normalized spacial score (nSPS) is 10.8. The van der Waals surface area contributed by atoms with Crippen molar-refractivity contribution in [2.24, 2.45) is 5.18 Å². The molecule has 0 unspecified atom stereocenters. The molecular formula is C9H9NO5S. The topological polar surface area (TPSA) is 89.9 Å². The lowest BCUT2D eigenvalue weighted by molar-refractivity contribution is -0.128. The molecule has 0 fully saturated rings. The summed E-state index contributed by atoms with van der Waals surface area (Å²) in [5, 5.41) is 2.65. The van der Waals surface area contributed by atoms with Crippen LogP contribution in [-0.2, 0) is 19.4 Å². The van der Waals surface area contributed by atoms with Crippen LogP contribution < -0.4 is 0 Å². The van der Waals surface area contributed by atoms with E-state index in [-0.39, 0.29) is 29.4 Å². The lowest BCUT2D eigenvalue weighted by Crippen LogP contribution is -2.11. The fourth-order valence-corrected chi connectivity index (χ4v) is 2.14. The van der Waals surface area contributed by atoms with Crippen LogP contribution in [0.5, 0.6) is 0 Å². The van der Waals surface area contributed by atoms with E-state index in [0.29, 0.717) is 0 Å². The maximum Gasteiger partial charge on any atom is 0.293 e. The minimum atomic E-state index is -3.49. The Morgan fingerprint density at radius 1 is 1.25 bits per heavy atom. The van der Waals surface area contributed by atoms with Gasteiger partial charge in [0.05, 0.1) is 10.6 Å². The summed E-state index contributed by atoms with van der Waals surface area (Å²) >= 11 is 0. The molecule has 0 bridgehead atoms. The molecule has 1 aromatic rings. The van der Waals surface area contributed by atoms with E-state index in [4.69, 9.17) is 0 Å². The Bertz CT molecular complexity index is 465. The first-order chi connectivity index (χ1) is 7.60. The van der Waals surface area contributed by atoms with Crippen molar-refractivity contribution in [3.8, 4) is 0 Å². The Balaban J connectivity index is 2.81. The molecule has 0 atom stereocenters. The molecule has 7 heteroatoms. The van der Waals surface area contributed by atoms with E-state index in [1.54, 1.807) is 0 Å². The second-order valence-electron chi connectivity index (χ2n) is 2.87. The second-order valence-corrected chi connectivity index (χ2v) is 4.98. The number of hydrogen-bond acceptors (Lipinski definition) is 6. The zero-order valence-electron chi connectivity index (χ0n) is 8.20. The van der Waals surface area contributed by atoms with E-state index < -0.39 is 9.84 Å². The smallest absolute Gasteiger partial charge is 0.293 e. The minimum Gasteiger partial charge on any atom is -0.467 e. The van der Waals surface area contributed by atoms with E-state index >= 15 is 0 Å². The number of sulfone groups is 1.